The van der Waals surface area contributed by atoms with Crippen LogP contribution in [0.2, 0.25) is 5.15 Å². The Morgan fingerprint density at radius 3 is 2.62 bits per heavy atom. The molecule has 3 nitrogen and oxygen atoms in total. The summed E-state index contributed by atoms with van der Waals surface area (Å²) < 4.78 is 0. The van der Waals surface area contributed by atoms with E-state index in [0.717, 1.165) is 12.5 Å². The van der Waals surface area contributed by atoms with E-state index in [1.807, 2.05) is 6.07 Å². The van der Waals surface area contributed by atoms with Crippen LogP contribution in [0.1, 0.15) is 53.9 Å². The third kappa shape index (κ3) is 3.08. The van der Waals surface area contributed by atoms with Crippen LogP contribution in [0.3, 0.4) is 0 Å². The van der Waals surface area contributed by atoms with E-state index in [4.69, 9.17) is 11.6 Å². The van der Waals surface area contributed by atoms with Crippen molar-refractivity contribution in [2.45, 2.75) is 43.6 Å². The molecule has 3 aliphatic rings. The van der Waals surface area contributed by atoms with E-state index in [9.17, 15) is 4.79 Å². The zero-order valence-corrected chi connectivity index (χ0v) is 16.0. The number of aromatic nitrogens is 1. The zero-order chi connectivity index (χ0) is 18.1. The third-order valence-electron chi connectivity index (χ3n) is 6.56. The molecule has 1 aromatic carbocycles. The molecule has 0 radical (unpaired) electrons. The van der Waals surface area contributed by atoms with Gasteiger partial charge in [-0.15, -0.1) is 0 Å². The van der Waals surface area contributed by atoms with E-state index in [1.165, 1.54) is 31.2 Å². The number of carbonyl (C=O) groups excluding carboxylic acids is 1. The van der Waals surface area contributed by atoms with Crippen LogP contribution in [-0.2, 0) is 0 Å². The number of nitrogens with zero attached hydrogens (tertiary/aromatic N) is 2. The molecule has 1 aromatic heterocycles. The highest BCUT2D eigenvalue weighted by molar-refractivity contribution is 6.32. The molecule has 1 atom stereocenters. The van der Waals surface area contributed by atoms with Gasteiger partial charge in [-0.3, -0.25) is 9.69 Å². The summed E-state index contributed by atoms with van der Waals surface area (Å²) in [7, 11) is 2.24. The number of carbonyl (C=O) groups is 1. The van der Waals surface area contributed by atoms with Crippen molar-refractivity contribution in [2.24, 2.45) is 5.92 Å². The molecule has 4 heteroatoms. The molecule has 26 heavy (non-hydrogen) atoms. The van der Waals surface area contributed by atoms with Crippen LogP contribution in [0.25, 0.3) is 0 Å². The van der Waals surface area contributed by atoms with Crippen molar-refractivity contribution in [3.8, 4) is 0 Å². The first-order valence-electron chi connectivity index (χ1n) is 9.50. The number of likely N-dealkylation sites (N-methyl/N-ethyl adjacent to an activating group) is 1. The second kappa shape index (κ2) is 7.13. The number of benzene rings is 1. The molecule has 0 N–H and O–H groups in total. The lowest BCUT2D eigenvalue weighted by Crippen LogP contribution is -2.59. The molecule has 1 aliphatic carbocycles. The van der Waals surface area contributed by atoms with Crippen molar-refractivity contribution in [1.29, 1.82) is 0 Å². The molecule has 2 bridgehead atoms. The summed E-state index contributed by atoms with van der Waals surface area (Å²) in [5, 5.41) is 0.308. The van der Waals surface area contributed by atoms with Gasteiger partial charge in [-0.2, -0.15) is 0 Å². The lowest BCUT2D eigenvalue weighted by atomic mass is 9.62. The summed E-state index contributed by atoms with van der Waals surface area (Å²) in [4.78, 5) is 19.7. The number of hydrogen-bond acceptors (Lipinski definition) is 3. The molecule has 5 rings (SSSR count). The average Bonchev–Trinajstić information content (AvgIpc) is 2.68. The maximum absolute atomic E-state index is 13.1. The van der Waals surface area contributed by atoms with Crippen molar-refractivity contribution in [3.63, 3.8) is 0 Å². The number of pyridine rings is 1. The summed E-state index contributed by atoms with van der Waals surface area (Å²) in [5.74, 6) is 1.09. The molecule has 3 fully saturated rings. The minimum absolute atomic E-state index is 0.0699. The molecule has 1 saturated carbocycles. The topological polar surface area (TPSA) is 33.2 Å². The van der Waals surface area contributed by atoms with Gasteiger partial charge in [0.1, 0.15) is 5.15 Å². The fraction of sp³-hybridized carbons (Fsp3) is 0.455. The van der Waals surface area contributed by atoms with Crippen LogP contribution in [0.4, 0.5) is 0 Å². The van der Waals surface area contributed by atoms with Gasteiger partial charge in [0.2, 0.25) is 0 Å². The van der Waals surface area contributed by atoms with E-state index in [0.29, 0.717) is 17.1 Å². The minimum Gasteiger partial charge on any atom is -0.300 e. The minimum atomic E-state index is 0.0699. The van der Waals surface area contributed by atoms with Gasteiger partial charge in [0.05, 0.1) is 5.56 Å². The van der Waals surface area contributed by atoms with Crippen LogP contribution in [0.15, 0.2) is 48.7 Å². The van der Waals surface area contributed by atoms with Crippen molar-refractivity contribution >= 4 is 17.4 Å². The van der Waals surface area contributed by atoms with Gasteiger partial charge >= 0.3 is 0 Å². The smallest absolute Gasteiger partial charge is 0.166 e. The van der Waals surface area contributed by atoms with Crippen LogP contribution >= 0.6 is 11.6 Å². The highest BCUT2D eigenvalue weighted by Gasteiger charge is 2.50. The maximum Gasteiger partial charge on any atom is 0.166 e. The molecule has 0 spiro atoms. The largest absolute Gasteiger partial charge is 0.300 e. The first-order valence-corrected chi connectivity index (χ1v) is 9.88. The lowest BCUT2D eigenvalue weighted by Gasteiger charge is -2.57. The summed E-state index contributed by atoms with van der Waals surface area (Å²) in [6, 6.07) is 14.1. The lowest BCUT2D eigenvalue weighted by molar-refractivity contribution is -0.0350. The number of halogens is 1. The molecular formula is C22H25ClN2O. The number of ketones is 1. The second-order valence-corrected chi connectivity index (χ2v) is 8.22. The predicted molar refractivity (Wildman–Crippen MR) is 105 cm³/mol. The Labute approximate surface area is 160 Å². The standard InChI is InChI=1S/C22H25ClN2O/c1-25-15-16-9-11-22(25,12-10-16)19(17-6-3-2-4-7-17)14-20(26)18-8-5-13-24-21(18)23/h2-8,13,16,19H,9-12,14-15H2,1H3. The molecule has 3 heterocycles. The Bertz CT molecular complexity index is 784. The Balaban J connectivity index is 1.70. The molecule has 136 valence electrons. The van der Waals surface area contributed by atoms with Gasteiger partial charge in [-0.1, -0.05) is 41.9 Å². The summed E-state index contributed by atoms with van der Waals surface area (Å²) in [5.41, 5.74) is 1.87. The molecule has 2 saturated heterocycles. The predicted octanol–water partition coefficient (Wildman–Crippen LogP) is 4.97. The fourth-order valence-electron chi connectivity index (χ4n) is 5.12. The summed E-state index contributed by atoms with van der Waals surface area (Å²) in [6.45, 7) is 1.14. The van der Waals surface area contributed by atoms with Gasteiger partial charge < -0.3 is 0 Å². The zero-order valence-electron chi connectivity index (χ0n) is 15.2. The van der Waals surface area contributed by atoms with E-state index >= 15 is 0 Å². The van der Waals surface area contributed by atoms with E-state index in [1.54, 1.807) is 18.3 Å². The number of Topliss-reactive ketones (excluding diaryl/α,β-unsaturated/α-hetero) is 1. The SMILES string of the molecule is CN1CC2CCC1(C(CC(=O)c1cccnc1Cl)c1ccccc1)CC2. The van der Waals surface area contributed by atoms with Crippen molar-refractivity contribution in [3.05, 3.63) is 64.9 Å². The second-order valence-electron chi connectivity index (χ2n) is 7.86. The Morgan fingerprint density at radius 1 is 1.23 bits per heavy atom. The third-order valence-corrected chi connectivity index (χ3v) is 6.86. The quantitative estimate of drug-likeness (QED) is 0.552. The van der Waals surface area contributed by atoms with E-state index in [2.05, 4.69) is 41.2 Å². The normalized spacial score (nSPS) is 26.6. The van der Waals surface area contributed by atoms with E-state index in [-0.39, 0.29) is 17.2 Å². The fourth-order valence-corrected chi connectivity index (χ4v) is 5.34. The Kier molecular flexibility index (Phi) is 4.85. The van der Waals surface area contributed by atoms with Gasteiger partial charge in [-0.25, -0.2) is 4.98 Å². The number of hydrogen-bond donors (Lipinski definition) is 0. The van der Waals surface area contributed by atoms with Gasteiger partial charge in [0, 0.05) is 30.6 Å². The highest BCUT2D eigenvalue weighted by Crippen LogP contribution is 2.51. The molecule has 2 aliphatic heterocycles. The maximum atomic E-state index is 13.1. The molecule has 0 amide bonds. The number of rotatable bonds is 5. The van der Waals surface area contributed by atoms with E-state index < -0.39 is 0 Å². The van der Waals surface area contributed by atoms with Crippen LogP contribution in [0, 0.1) is 5.92 Å². The number of fused-ring (bicyclic) bond motifs is 3. The Morgan fingerprint density at radius 2 is 1.96 bits per heavy atom. The first kappa shape index (κ1) is 17.7. The number of piperidine rings is 2. The Hall–Kier alpha value is -1.71. The molecule has 1 unspecified atom stereocenters. The van der Waals surface area contributed by atoms with Gasteiger partial charge in [0.15, 0.2) is 5.78 Å². The monoisotopic (exact) mass is 368 g/mol. The average molecular weight is 369 g/mol. The van der Waals surface area contributed by atoms with Crippen LogP contribution in [0.5, 0.6) is 0 Å². The van der Waals surface area contributed by atoms with Gasteiger partial charge in [0.25, 0.3) is 0 Å². The summed E-state index contributed by atoms with van der Waals surface area (Å²) in [6.07, 6.45) is 6.99. The summed E-state index contributed by atoms with van der Waals surface area (Å²) >= 11 is 6.20. The van der Waals surface area contributed by atoms with Gasteiger partial charge in [-0.05, 0) is 56.3 Å². The molecular weight excluding hydrogens is 344 g/mol. The van der Waals surface area contributed by atoms with Crippen molar-refractivity contribution in [1.82, 2.24) is 9.88 Å². The highest BCUT2D eigenvalue weighted by atomic mass is 35.5. The molecule has 2 aromatic rings. The van der Waals surface area contributed by atoms with Crippen molar-refractivity contribution in [2.75, 3.05) is 13.6 Å². The van der Waals surface area contributed by atoms with Crippen molar-refractivity contribution < 1.29 is 4.79 Å². The van der Waals surface area contributed by atoms with Crippen LogP contribution in [-0.4, -0.2) is 34.8 Å². The first-order chi connectivity index (χ1) is 12.6. The van der Waals surface area contributed by atoms with Crippen LogP contribution < -0.4 is 0 Å².